The number of carbonyl (C=O) groups is 1. The Kier molecular flexibility index (Phi) is 4.76. The SMILES string of the molecule is CCC(OC(C)(C)C)(C(=O)O)c1c(C)cc2nc(Br)sc2c1O. The van der Waals surface area contributed by atoms with Crippen LogP contribution < -0.4 is 0 Å². The average molecular weight is 402 g/mol. The maximum absolute atomic E-state index is 12.1. The smallest absolute Gasteiger partial charge is 0.340 e. The van der Waals surface area contributed by atoms with Gasteiger partial charge < -0.3 is 14.9 Å². The van der Waals surface area contributed by atoms with Crippen molar-refractivity contribution in [2.75, 3.05) is 0 Å². The Morgan fingerprint density at radius 3 is 2.52 bits per heavy atom. The van der Waals surface area contributed by atoms with Gasteiger partial charge in [-0.15, -0.1) is 11.3 Å². The number of aryl methyl sites for hydroxylation is 1. The molecule has 1 heterocycles. The number of rotatable bonds is 4. The van der Waals surface area contributed by atoms with Gasteiger partial charge in [-0.05, 0) is 61.7 Å². The second kappa shape index (κ2) is 6.03. The fourth-order valence-electron chi connectivity index (χ4n) is 2.78. The van der Waals surface area contributed by atoms with Crippen LogP contribution in [0.4, 0.5) is 0 Å². The summed E-state index contributed by atoms with van der Waals surface area (Å²) >= 11 is 4.57. The van der Waals surface area contributed by atoms with Crippen molar-refractivity contribution in [1.82, 2.24) is 4.98 Å². The van der Waals surface area contributed by atoms with Crippen molar-refractivity contribution in [3.63, 3.8) is 0 Å². The molecule has 0 fully saturated rings. The summed E-state index contributed by atoms with van der Waals surface area (Å²) in [6.07, 6.45) is 0.194. The number of benzene rings is 1. The van der Waals surface area contributed by atoms with E-state index in [-0.39, 0.29) is 12.2 Å². The molecule has 23 heavy (non-hydrogen) atoms. The first-order valence-electron chi connectivity index (χ1n) is 7.24. The monoisotopic (exact) mass is 401 g/mol. The lowest BCUT2D eigenvalue weighted by atomic mass is 9.85. The molecule has 1 aromatic carbocycles. The number of thiazole rings is 1. The quantitative estimate of drug-likeness (QED) is 0.783. The summed E-state index contributed by atoms with van der Waals surface area (Å²) < 4.78 is 7.14. The standard InChI is InChI=1S/C16H20BrNO4S/c1-6-16(13(20)21,22-15(3,4)5)10-8(2)7-9-12(11(10)19)23-14(17)18-9/h7,19H,6H2,1-5H3,(H,20,21). The van der Waals surface area contributed by atoms with Crippen LogP contribution >= 0.6 is 27.3 Å². The first-order valence-corrected chi connectivity index (χ1v) is 8.85. The number of carboxylic acids is 1. The molecule has 0 bridgehead atoms. The van der Waals surface area contributed by atoms with Crippen LogP contribution in [0, 0.1) is 6.92 Å². The molecule has 2 aromatic rings. The van der Waals surface area contributed by atoms with Gasteiger partial charge in [0.2, 0.25) is 0 Å². The number of phenols is 1. The molecule has 0 aliphatic carbocycles. The summed E-state index contributed by atoms with van der Waals surface area (Å²) in [7, 11) is 0. The topological polar surface area (TPSA) is 79.7 Å². The third kappa shape index (κ3) is 3.22. The predicted molar refractivity (Wildman–Crippen MR) is 94.2 cm³/mol. The van der Waals surface area contributed by atoms with Crippen molar-refractivity contribution in [1.29, 1.82) is 0 Å². The zero-order valence-electron chi connectivity index (χ0n) is 13.7. The molecule has 0 spiro atoms. The van der Waals surface area contributed by atoms with E-state index < -0.39 is 17.2 Å². The summed E-state index contributed by atoms with van der Waals surface area (Å²) in [5.74, 6) is -1.19. The first-order chi connectivity index (χ1) is 10.5. The van der Waals surface area contributed by atoms with Crippen LogP contribution in [0.5, 0.6) is 5.75 Å². The number of hydrogen-bond donors (Lipinski definition) is 2. The van der Waals surface area contributed by atoms with Gasteiger partial charge in [0, 0.05) is 5.56 Å². The lowest BCUT2D eigenvalue weighted by molar-refractivity contribution is -0.189. The lowest BCUT2D eigenvalue weighted by Gasteiger charge is -2.37. The number of fused-ring (bicyclic) bond motifs is 1. The van der Waals surface area contributed by atoms with Gasteiger partial charge in [-0.25, -0.2) is 9.78 Å². The Hall–Kier alpha value is -1.18. The first kappa shape index (κ1) is 18.2. The van der Waals surface area contributed by atoms with Gasteiger partial charge in [-0.3, -0.25) is 0 Å². The molecule has 0 aliphatic rings. The van der Waals surface area contributed by atoms with Gasteiger partial charge in [0.15, 0.2) is 9.52 Å². The maximum Gasteiger partial charge on any atom is 0.340 e. The van der Waals surface area contributed by atoms with Crippen LogP contribution in [0.3, 0.4) is 0 Å². The molecule has 0 aliphatic heterocycles. The molecule has 1 atom stereocenters. The Bertz CT molecular complexity index is 766. The minimum Gasteiger partial charge on any atom is -0.506 e. The van der Waals surface area contributed by atoms with Gasteiger partial charge >= 0.3 is 5.97 Å². The second-order valence-corrected chi connectivity index (χ2v) is 8.71. The number of halogens is 1. The fraction of sp³-hybridized carbons (Fsp3) is 0.500. The zero-order chi connectivity index (χ0) is 17.6. The molecule has 2 rings (SSSR count). The van der Waals surface area contributed by atoms with Crippen LogP contribution in [-0.4, -0.2) is 26.8 Å². The minimum atomic E-state index is -1.61. The lowest BCUT2D eigenvalue weighted by Crippen LogP contribution is -2.44. The highest BCUT2D eigenvalue weighted by Gasteiger charge is 2.46. The molecule has 0 amide bonds. The van der Waals surface area contributed by atoms with Gasteiger partial charge in [-0.1, -0.05) is 6.92 Å². The molecular weight excluding hydrogens is 382 g/mol. The van der Waals surface area contributed by atoms with Crippen LogP contribution in [0.15, 0.2) is 9.98 Å². The molecule has 126 valence electrons. The van der Waals surface area contributed by atoms with Gasteiger partial charge in [0.1, 0.15) is 5.75 Å². The minimum absolute atomic E-state index is 0.0725. The Labute approximate surface area is 147 Å². The number of nitrogens with zero attached hydrogens (tertiary/aromatic N) is 1. The largest absolute Gasteiger partial charge is 0.506 e. The Morgan fingerprint density at radius 2 is 2.04 bits per heavy atom. The average Bonchev–Trinajstić information content (AvgIpc) is 2.76. The Morgan fingerprint density at radius 1 is 1.43 bits per heavy atom. The maximum atomic E-state index is 12.1. The van der Waals surface area contributed by atoms with Crippen molar-refractivity contribution in [2.24, 2.45) is 0 Å². The van der Waals surface area contributed by atoms with Gasteiger partial charge in [0.25, 0.3) is 0 Å². The van der Waals surface area contributed by atoms with E-state index in [1.54, 1.807) is 40.7 Å². The number of ether oxygens (including phenoxy) is 1. The normalized spacial score (nSPS) is 14.9. The summed E-state index contributed by atoms with van der Waals surface area (Å²) in [6, 6.07) is 1.78. The highest BCUT2D eigenvalue weighted by Crippen LogP contribution is 2.46. The highest BCUT2D eigenvalue weighted by molar-refractivity contribution is 9.11. The van der Waals surface area contributed by atoms with Crippen LogP contribution in [0.25, 0.3) is 10.2 Å². The molecule has 0 radical (unpaired) electrons. The molecule has 0 saturated heterocycles. The fourth-order valence-corrected chi connectivity index (χ4v) is 4.18. The van der Waals surface area contributed by atoms with Crippen molar-refractivity contribution >= 4 is 43.5 Å². The third-order valence-electron chi connectivity index (χ3n) is 3.55. The van der Waals surface area contributed by atoms with E-state index in [4.69, 9.17) is 4.74 Å². The van der Waals surface area contributed by atoms with Crippen LogP contribution in [0.2, 0.25) is 0 Å². The number of aliphatic carboxylic acids is 1. The summed E-state index contributed by atoms with van der Waals surface area (Å²) in [5.41, 5.74) is -0.729. The van der Waals surface area contributed by atoms with Crippen molar-refractivity contribution in [2.45, 2.75) is 52.2 Å². The zero-order valence-corrected chi connectivity index (χ0v) is 16.1. The highest BCUT2D eigenvalue weighted by atomic mass is 79.9. The van der Waals surface area contributed by atoms with E-state index in [0.29, 0.717) is 25.3 Å². The molecule has 1 unspecified atom stereocenters. The van der Waals surface area contributed by atoms with Gasteiger partial charge in [0.05, 0.1) is 15.8 Å². The summed E-state index contributed by atoms with van der Waals surface area (Å²) in [5, 5.41) is 20.7. The molecular formula is C16H20BrNO4S. The number of aromatic nitrogens is 1. The van der Waals surface area contributed by atoms with E-state index in [2.05, 4.69) is 20.9 Å². The number of hydrogen-bond acceptors (Lipinski definition) is 5. The predicted octanol–water partition coefficient (Wildman–Crippen LogP) is 4.58. The van der Waals surface area contributed by atoms with Gasteiger partial charge in [-0.2, -0.15) is 0 Å². The number of aromatic hydroxyl groups is 1. The van der Waals surface area contributed by atoms with E-state index in [9.17, 15) is 15.0 Å². The van der Waals surface area contributed by atoms with Crippen molar-refractivity contribution < 1.29 is 19.7 Å². The molecule has 1 aromatic heterocycles. The molecule has 5 nitrogen and oxygen atoms in total. The summed E-state index contributed by atoms with van der Waals surface area (Å²) in [6.45, 7) is 8.91. The molecule has 2 N–H and O–H groups in total. The van der Waals surface area contributed by atoms with E-state index >= 15 is 0 Å². The van der Waals surface area contributed by atoms with Crippen LogP contribution in [-0.2, 0) is 15.1 Å². The van der Waals surface area contributed by atoms with Crippen molar-refractivity contribution in [3.8, 4) is 5.75 Å². The molecule has 7 heteroatoms. The van der Waals surface area contributed by atoms with E-state index in [1.807, 2.05) is 0 Å². The van der Waals surface area contributed by atoms with Crippen LogP contribution in [0.1, 0.15) is 45.2 Å². The third-order valence-corrected chi connectivity index (χ3v) is 5.08. The van der Waals surface area contributed by atoms with Crippen molar-refractivity contribution in [3.05, 3.63) is 21.1 Å². The van der Waals surface area contributed by atoms with E-state index in [0.717, 1.165) is 0 Å². The second-order valence-electron chi connectivity index (χ2n) is 6.43. The van der Waals surface area contributed by atoms with E-state index in [1.165, 1.54) is 11.3 Å². The summed E-state index contributed by atoms with van der Waals surface area (Å²) in [4.78, 5) is 16.4. The number of phenolic OH excluding ortho intramolecular Hbond substituents is 1. The molecule has 0 saturated carbocycles. The Balaban J connectivity index is 2.82. The number of carboxylic acid groups (broad SMARTS) is 1.